The zero-order valence-corrected chi connectivity index (χ0v) is 11.4. The molecule has 1 atom stereocenters. The summed E-state index contributed by atoms with van der Waals surface area (Å²) in [5.74, 6) is 0.600. The lowest BCUT2D eigenvalue weighted by Crippen LogP contribution is -2.08. The third-order valence-corrected chi connectivity index (χ3v) is 3.20. The van der Waals surface area contributed by atoms with Crippen LogP contribution in [-0.2, 0) is 12.6 Å². The van der Waals surface area contributed by atoms with Gasteiger partial charge in [0.05, 0.1) is 18.8 Å². The van der Waals surface area contributed by atoms with Gasteiger partial charge in [0.15, 0.2) is 0 Å². The molecule has 112 valence electrons. The van der Waals surface area contributed by atoms with E-state index in [4.69, 9.17) is 4.74 Å². The number of benzene rings is 2. The summed E-state index contributed by atoms with van der Waals surface area (Å²) in [5, 5.41) is 10.2. The van der Waals surface area contributed by atoms with Crippen LogP contribution in [0, 0.1) is 0 Å². The standard InChI is InChI=1S/C16H15F3O2/c1-21-15-8-3-2-5-12(15)10-14(20)11-6-4-7-13(9-11)16(17,18)19/h2-9,14,20H,10H2,1H3. The van der Waals surface area contributed by atoms with Crippen LogP contribution in [0.25, 0.3) is 0 Å². The zero-order chi connectivity index (χ0) is 15.5. The van der Waals surface area contributed by atoms with Crippen LogP contribution in [0.1, 0.15) is 22.8 Å². The predicted molar refractivity (Wildman–Crippen MR) is 73.1 cm³/mol. The molecule has 21 heavy (non-hydrogen) atoms. The van der Waals surface area contributed by atoms with Gasteiger partial charge in [0.1, 0.15) is 5.75 Å². The molecular weight excluding hydrogens is 281 g/mol. The van der Waals surface area contributed by atoms with Gasteiger partial charge >= 0.3 is 6.18 Å². The van der Waals surface area contributed by atoms with Gasteiger partial charge in [-0.15, -0.1) is 0 Å². The lowest BCUT2D eigenvalue weighted by Gasteiger charge is -2.15. The Morgan fingerprint density at radius 3 is 2.48 bits per heavy atom. The highest BCUT2D eigenvalue weighted by molar-refractivity contribution is 5.35. The molecule has 0 aliphatic rings. The number of halogens is 3. The molecule has 0 heterocycles. The Labute approximate surface area is 120 Å². The Hall–Kier alpha value is -2.01. The number of aliphatic hydroxyl groups is 1. The van der Waals surface area contributed by atoms with Crippen molar-refractivity contribution in [3.05, 3.63) is 65.2 Å². The molecule has 0 aliphatic heterocycles. The number of para-hydroxylation sites is 1. The van der Waals surface area contributed by atoms with Crippen LogP contribution >= 0.6 is 0 Å². The fourth-order valence-electron chi connectivity index (χ4n) is 2.12. The lowest BCUT2D eigenvalue weighted by atomic mass is 9.99. The molecule has 0 spiro atoms. The van der Waals surface area contributed by atoms with Crippen molar-refractivity contribution in [2.75, 3.05) is 7.11 Å². The van der Waals surface area contributed by atoms with E-state index in [1.165, 1.54) is 19.2 Å². The number of hydrogen-bond acceptors (Lipinski definition) is 2. The van der Waals surface area contributed by atoms with E-state index >= 15 is 0 Å². The van der Waals surface area contributed by atoms with E-state index in [1.54, 1.807) is 24.3 Å². The molecule has 0 saturated carbocycles. The zero-order valence-electron chi connectivity index (χ0n) is 11.4. The molecule has 2 aromatic carbocycles. The smallest absolute Gasteiger partial charge is 0.416 e. The summed E-state index contributed by atoms with van der Waals surface area (Å²) in [6, 6.07) is 11.8. The molecule has 1 N–H and O–H groups in total. The monoisotopic (exact) mass is 296 g/mol. The van der Waals surface area contributed by atoms with Gasteiger partial charge in [-0.2, -0.15) is 13.2 Å². The molecule has 0 fully saturated rings. The SMILES string of the molecule is COc1ccccc1CC(O)c1cccc(C(F)(F)F)c1. The molecule has 5 heteroatoms. The maximum atomic E-state index is 12.7. The second-order valence-electron chi connectivity index (χ2n) is 4.65. The Morgan fingerprint density at radius 1 is 1.10 bits per heavy atom. The summed E-state index contributed by atoms with van der Waals surface area (Å²) in [4.78, 5) is 0. The minimum Gasteiger partial charge on any atom is -0.496 e. The summed E-state index contributed by atoms with van der Waals surface area (Å²) < 4.78 is 43.2. The van der Waals surface area contributed by atoms with Crippen LogP contribution in [0.5, 0.6) is 5.75 Å². The van der Waals surface area contributed by atoms with Gasteiger partial charge in [-0.05, 0) is 29.3 Å². The van der Waals surface area contributed by atoms with Gasteiger partial charge in [-0.3, -0.25) is 0 Å². The molecule has 2 nitrogen and oxygen atoms in total. The molecule has 2 rings (SSSR count). The largest absolute Gasteiger partial charge is 0.496 e. The molecule has 0 aromatic heterocycles. The van der Waals surface area contributed by atoms with Gasteiger partial charge < -0.3 is 9.84 Å². The van der Waals surface area contributed by atoms with Crippen LogP contribution in [0.4, 0.5) is 13.2 Å². The van der Waals surface area contributed by atoms with Crippen molar-refractivity contribution in [1.29, 1.82) is 0 Å². The Morgan fingerprint density at radius 2 is 1.81 bits per heavy atom. The Balaban J connectivity index is 2.22. The first kappa shape index (κ1) is 15.4. The number of hydrogen-bond donors (Lipinski definition) is 1. The van der Waals surface area contributed by atoms with Crippen LogP contribution in [0.15, 0.2) is 48.5 Å². The first-order valence-corrected chi connectivity index (χ1v) is 6.39. The van der Waals surface area contributed by atoms with Crippen molar-refractivity contribution in [2.24, 2.45) is 0 Å². The molecular formula is C16H15F3O2. The average Bonchev–Trinajstić information content (AvgIpc) is 2.47. The van der Waals surface area contributed by atoms with E-state index in [1.807, 2.05) is 0 Å². The molecule has 0 saturated heterocycles. The van der Waals surface area contributed by atoms with Crippen molar-refractivity contribution in [1.82, 2.24) is 0 Å². The normalized spacial score (nSPS) is 13.0. The van der Waals surface area contributed by atoms with E-state index in [0.29, 0.717) is 5.75 Å². The molecule has 1 unspecified atom stereocenters. The number of rotatable bonds is 4. The predicted octanol–water partition coefficient (Wildman–Crippen LogP) is 3.99. The van der Waals surface area contributed by atoms with E-state index < -0.39 is 17.8 Å². The van der Waals surface area contributed by atoms with Crippen molar-refractivity contribution >= 4 is 0 Å². The maximum Gasteiger partial charge on any atom is 0.416 e. The fourth-order valence-corrected chi connectivity index (χ4v) is 2.12. The number of methoxy groups -OCH3 is 1. The average molecular weight is 296 g/mol. The van der Waals surface area contributed by atoms with E-state index in [2.05, 4.69) is 0 Å². The quantitative estimate of drug-likeness (QED) is 0.924. The fraction of sp³-hybridized carbons (Fsp3) is 0.250. The van der Waals surface area contributed by atoms with Crippen LogP contribution in [-0.4, -0.2) is 12.2 Å². The van der Waals surface area contributed by atoms with Gasteiger partial charge in [-0.25, -0.2) is 0 Å². The third kappa shape index (κ3) is 3.76. The Bertz CT molecular complexity index is 608. The summed E-state index contributed by atoms with van der Waals surface area (Å²) in [7, 11) is 1.51. The molecule has 2 aromatic rings. The lowest BCUT2D eigenvalue weighted by molar-refractivity contribution is -0.137. The van der Waals surface area contributed by atoms with Crippen molar-refractivity contribution in [3.63, 3.8) is 0 Å². The third-order valence-electron chi connectivity index (χ3n) is 3.20. The summed E-state index contributed by atoms with van der Waals surface area (Å²) in [6.07, 6.45) is -5.26. The minimum absolute atomic E-state index is 0.186. The number of aliphatic hydroxyl groups excluding tert-OH is 1. The molecule has 0 aliphatic carbocycles. The molecule has 0 amide bonds. The highest BCUT2D eigenvalue weighted by Gasteiger charge is 2.30. The van der Waals surface area contributed by atoms with E-state index in [0.717, 1.165) is 17.7 Å². The highest BCUT2D eigenvalue weighted by atomic mass is 19.4. The van der Waals surface area contributed by atoms with Crippen LogP contribution in [0.2, 0.25) is 0 Å². The van der Waals surface area contributed by atoms with E-state index in [-0.39, 0.29) is 12.0 Å². The second kappa shape index (κ2) is 6.18. The topological polar surface area (TPSA) is 29.5 Å². The summed E-state index contributed by atoms with van der Waals surface area (Å²) in [6.45, 7) is 0. The number of alkyl halides is 3. The summed E-state index contributed by atoms with van der Waals surface area (Å²) >= 11 is 0. The summed E-state index contributed by atoms with van der Waals surface area (Å²) in [5.41, 5.74) is 0.208. The highest BCUT2D eigenvalue weighted by Crippen LogP contribution is 2.32. The van der Waals surface area contributed by atoms with Gasteiger partial charge in [-0.1, -0.05) is 30.3 Å². The molecule has 0 bridgehead atoms. The minimum atomic E-state index is -4.42. The van der Waals surface area contributed by atoms with Crippen molar-refractivity contribution in [2.45, 2.75) is 18.7 Å². The van der Waals surface area contributed by atoms with Gasteiger partial charge in [0, 0.05) is 6.42 Å². The Kier molecular flexibility index (Phi) is 4.53. The molecule has 0 radical (unpaired) electrons. The van der Waals surface area contributed by atoms with Gasteiger partial charge in [0.25, 0.3) is 0 Å². The van der Waals surface area contributed by atoms with Crippen molar-refractivity contribution in [3.8, 4) is 5.75 Å². The second-order valence-corrected chi connectivity index (χ2v) is 4.65. The van der Waals surface area contributed by atoms with Crippen LogP contribution in [0.3, 0.4) is 0 Å². The van der Waals surface area contributed by atoms with Gasteiger partial charge in [0.2, 0.25) is 0 Å². The van der Waals surface area contributed by atoms with E-state index in [9.17, 15) is 18.3 Å². The van der Waals surface area contributed by atoms with Crippen molar-refractivity contribution < 1.29 is 23.0 Å². The first-order chi connectivity index (χ1) is 9.91. The van der Waals surface area contributed by atoms with Crippen LogP contribution < -0.4 is 4.74 Å². The maximum absolute atomic E-state index is 12.7. The first-order valence-electron chi connectivity index (χ1n) is 6.39. The number of ether oxygens (including phenoxy) is 1.